The molecule has 0 unspecified atom stereocenters. The molecule has 24 heavy (non-hydrogen) atoms. The highest BCUT2D eigenvalue weighted by atomic mass is 35.5. The number of likely N-dealkylation sites (tertiary alicyclic amines) is 1. The van der Waals surface area contributed by atoms with Gasteiger partial charge in [0.2, 0.25) is 5.89 Å². The van der Waals surface area contributed by atoms with E-state index in [-0.39, 0.29) is 0 Å². The number of piperidine rings is 1. The fourth-order valence-electron chi connectivity index (χ4n) is 3.38. The van der Waals surface area contributed by atoms with Crippen LogP contribution in [0.2, 0.25) is 5.02 Å². The first-order valence-electron chi connectivity index (χ1n) is 8.23. The van der Waals surface area contributed by atoms with Crippen molar-refractivity contribution in [3.05, 3.63) is 40.8 Å². The second kappa shape index (κ2) is 6.18. The largest absolute Gasteiger partial charge is 0.339 e. The molecule has 1 fully saturated rings. The fraction of sp³-hybridized carbons (Fsp3) is 0.471. The second-order valence-corrected chi connectivity index (χ2v) is 6.89. The highest BCUT2D eigenvalue weighted by molar-refractivity contribution is 6.31. The molecule has 1 aliphatic heterocycles. The van der Waals surface area contributed by atoms with Gasteiger partial charge in [-0.1, -0.05) is 16.8 Å². The average Bonchev–Trinajstić information content (AvgIpc) is 3.12. The van der Waals surface area contributed by atoms with Crippen LogP contribution in [0.3, 0.4) is 0 Å². The Labute approximate surface area is 145 Å². The monoisotopic (exact) mass is 345 g/mol. The minimum atomic E-state index is 0.377. The zero-order chi connectivity index (χ0) is 16.7. The van der Waals surface area contributed by atoms with Crippen molar-refractivity contribution in [2.45, 2.75) is 32.2 Å². The molecule has 7 heteroatoms. The molecule has 1 aliphatic rings. The van der Waals surface area contributed by atoms with Crippen LogP contribution in [0.4, 0.5) is 0 Å². The first-order valence-corrected chi connectivity index (χ1v) is 8.61. The standard InChI is InChI=1S/C17H20ClN5O/c1-11-19-17(24-21-11)12-5-7-23(8-6-12)10-16-20-14-9-13(18)3-4-15(14)22(16)2/h3-4,9,12H,5-8,10H2,1-2H3. The number of aryl methyl sites for hydroxylation is 2. The molecule has 4 rings (SSSR count). The summed E-state index contributed by atoms with van der Waals surface area (Å²) in [6, 6.07) is 5.86. The summed E-state index contributed by atoms with van der Waals surface area (Å²) < 4.78 is 7.47. The molecule has 3 aromatic rings. The van der Waals surface area contributed by atoms with Crippen LogP contribution in [0.5, 0.6) is 0 Å². The number of aromatic nitrogens is 4. The Kier molecular flexibility index (Phi) is 4.02. The van der Waals surface area contributed by atoms with Crippen molar-refractivity contribution in [1.29, 1.82) is 0 Å². The third kappa shape index (κ3) is 2.91. The molecule has 6 nitrogen and oxygen atoms in total. The molecule has 0 amide bonds. The zero-order valence-corrected chi connectivity index (χ0v) is 14.6. The van der Waals surface area contributed by atoms with Crippen molar-refractivity contribution in [3.8, 4) is 0 Å². The Morgan fingerprint density at radius 1 is 1.25 bits per heavy atom. The number of benzene rings is 1. The lowest BCUT2D eigenvalue weighted by molar-refractivity contribution is 0.183. The highest BCUT2D eigenvalue weighted by Gasteiger charge is 2.25. The van der Waals surface area contributed by atoms with E-state index in [1.807, 2.05) is 25.1 Å². The number of fused-ring (bicyclic) bond motifs is 1. The Hall–Kier alpha value is -1.92. The van der Waals surface area contributed by atoms with Gasteiger partial charge in [0.15, 0.2) is 5.82 Å². The number of hydrogen-bond donors (Lipinski definition) is 0. The summed E-state index contributed by atoms with van der Waals surface area (Å²) in [7, 11) is 2.06. The predicted molar refractivity (Wildman–Crippen MR) is 92.0 cm³/mol. The van der Waals surface area contributed by atoms with Crippen molar-refractivity contribution in [2.24, 2.45) is 7.05 Å². The Bertz CT molecular complexity index is 863. The molecule has 0 radical (unpaired) electrons. The summed E-state index contributed by atoms with van der Waals surface area (Å²) >= 11 is 6.07. The second-order valence-electron chi connectivity index (χ2n) is 6.45. The lowest BCUT2D eigenvalue weighted by Crippen LogP contribution is -2.33. The molecule has 2 aromatic heterocycles. The molecule has 0 aliphatic carbocycles. The molecule has 1 saturated heterocycles. The van der Waals surface area contributed by atoms with E-state index < -0.39 is 0 Å². The highest BCUT2D eigenvalue weighted by Crippen LogP contribution is 2.28. The zero-order valence-electron chi connectivity index (χ0n) is 13.9. The number of halogens is 1. The van der Waals surface area contributed by atoms with Crippen LogP contribution in [-0.4, -0.2) is 37.7 Å². The van der Waals surface area contributed by atoms with E-state index in [1.54, 1.807) is 0 Å². The van der Waals surface area contributed by atoms with Gasteiger partial charge in [-0.05, 0) is 51.1 Å². The third-order valence-electron chi connectivity index (χ3n) is 4.78. The average molecular weight is 346 g/mol. The Balaban J connectivity index is 1.44. The summed E-state index contributed by atoms with van der Waals surface area (Å²) in [6.45, 7) is 4.73. The molecule has 0 atom stereocenters. The summed E-state index contributed by atoms with van der Waals surface area (Å²) in [6.07, 6.45) is 2.08. The summed E-state index contributed by atoms with van der Waals surface area (Å²) in [5, 5.41) is 4.62. The van der Waals surface area contributed by atoms with Gasteiger partial charge in [-0.15, -0.1) is 0 Å². The van der Waals surface area contributed by atoms with E-state index in [2.05, 4.69) is 26.7 Å². The maximum absolute atomic E-state index is 6.07. The van der Waals surface area contributed by atoms with Gasteiger partial charge in [0.1, 0.15) is 5.82 Å². The van der Waals surface area contributed by atoms with Crippen molar-refractivity contribution in [1.82, 2.24) is 24.6 Å². The van der Waals surface area contributed by atoms with Gasteiger partial charge in [-0.2, -0.15) is 4.98 Å². The van der Waals surface area contributed by atoms with E-state index in [1.165, 1.54) is 0 Å². The van der Waals surface area contributed by atoms with Crippen LogP contribution in [0, 0.1) is 6.92 Å². The van der Waals surface area contributed by atoms with Crippen LogP contribution in [0.15, 0.2) is 22.7 Å². The van der Waals surface area contributed by atoms with Gasteiger partial charge in [0.25, 0.3) is 0 Å². The summed E-state index contributed by atoms with van der Waals surface area (Å²) in [5.41, 5.74) is 2.07. The SMILES string of the molecule is Cc1noc(C2CCN(Cc3nc4cc(Cl)ccc4n3C)CC2)n1. The molecular weight excluding hydrogens is 326 g/mol. The van der Waals surface area contributed by atoms with Crippen LogP contribution in [-0.2, 0) is 13.6 Å². The Morgan fingerprint density at radius 3 is 2.75 bits per heavy atom. The van der Waals surface area contributed by atoms with Gasteiger partial charge in [-0.25, -0.2) is 4.98 Å². The number of imidazole rings is 1. The lowest BCUT2D eigenvalue weighted by atomic mass is 9.97. The van der Waals surface area contributed by atoms with Gasteiger partial charge in [0, 0.05) is 18.0 Å². The van der Waals surface area contributed by atoms with Crippen LogP contribution in [0.1, 0.15) is 36.3 Å². The van der Waals surface area contributed by atoms with E-state index in [4.69, 9.17) is 21.1 Å². The number of hydrogen-bond acceptors (Lipinski definition) is 5. The van der Waals surface area contributed by atoms with Crippen molar-refractivity contribution in [3.63, 3.8) is 0 Å². The van der Waals surface area contributed by atoms with E-state index >= 15 is 0 Å². The topological polar surface area (TPSA) is 60.0 Å². The molecule has 126 valence electrons. The molecule has 3 heterocycles. The minimum Gasteiger partial charge on any atom is -0.339 e. The van der Waals surface area contributed by atoms with Crippen molar-refractivity contribution < 1.29 is 4.52 Å². The van der Waals surface area contributed by atoms with Crippen LogP contribution < -0.4 is 0 Å². The van der Waals surface area contributed by atoms with Gasteiger partial charge in [0.05, 0.1) is 17.6 Å². The Morgan fingerprint density at radius 2 is 2.04 bits per heavy atom. The van der Waals surface area contributed by atoms with E-state index in [9.17, 15) is 0 Å². The smallest absolute Gasteiger partial charge is 0.229 e. The first kappa shape index (κ1) is 15.6. The molecule has 0 spiro atoms. The molecule has 0 bridgehead atoms. The first-order chi connectivity index (χ1) is 11.6. The molecule has 0 saturated carbocycles. The van der Waals surface area contributed by atoms with Crippen LogP contribution in [0.25, 0.3) is 11.0 Å². The van der Waals surface area contributed by atoms with E-state index in [0.29, 0.717) is 11.7 Å². The normalized spacial score (nSPS) is 17.0. The maximum atomic E-state index is 6.07. The van der Waals surface area contributed by atoms with E-state index in [0.717, 1.165) is 60.2 Å². The van der Waals surface area contributed by atoms with Gasteiger partial charge < -0.3 is 9.09 Å². The van der Waals surface area contributed by atoms with Gasteiger partial charge >= 0.3 is 0 Å². The summed E-state index contributed by atoms with van der Waals surface area (Å²) in [5.74, 6) is 2.94. The van der Waals surface area contributed by atoms with Crippen molar-refractivity contribution >= 4 is 22.6 Å². The minimum absolute atomic E-state index is 0.377. The number of rotatable bonds is 3. The van der Waals surface area contributed by atoms with Crippen LogP contribution >= 0.6 is 11.6 Å². The molecule has 1 aromatic carbocycles. The maximum Gasteiger partial charge on any atom is 0.229 e. The summed E-state index contributed by atoms with van der Waals surface area (Å²) in [4.78, 5) is 11.5. The lowest BCUT2D eigenvalue weighted by Gasteiger charge is -2.29. The predicted octanol–water partition coefficient (Wildman–Crippen LogP) is 3.30. The third-order valence-corrected chi connectivity index (χ3v) is 5.02. The van der Waals surface area contributed by atoms with Crippen molar-refractivity contribution in [2.75, 3.05) is 13.1 Å². The molecular formula is C17H20ClN5O. The quantitative estimate of drug-likeness (QED) is 0.729. The molecule has 0 N–H and O–H groups in total. The fourth-order valence-corrected chi connectivity index (χ4v) is 3.55. The van der Waals surface area contributed by atoms with Gasteiger partial charge in [-0.3, -0.25) is 4.90 Å². The number of nitrogens with zero attached hydrogens (tertiary/aromatic N) is 5.